The molecule has 1 amide bonds. The molecule has 0 saturated heterocycles. The highest BCUT2D eigenvalue weighted by molar-refractivity contribution is 5.96. The van der Waals surface area contributed by atoms with Crippen LogP contribution >= 0.6 is 0 Å². The highest BCUT2D eigenvalue weighted by Gasteiger charge is 2.11. The van der Waals surface area contributed by atoms with Crippen molar-refractivity contribution in [3.63, 3.8) is 0 Å². The second kappa shape index (κ2) is 4.92. The number of carbonyl (C=O) groups excluding carboxylic acids is 1. The molecule has 0 aromatic carbocycles. The van der Waals surface area contributed by atoms with Crippen LogP contribution in [-0.2, 0) is 11.2 Å². The molecule has 0 aliphatic carbocycles. The van der Waals surface area contributed by atoms with E-state index in [1.807, 2.05) is 0 Å². The van der Waals surface area contributed by atoms with Gasteiger partial charge in [-0.25, -0.2) is 0 Å². The maximum Gasteiger partial charge on any atom is 0.252 e. The molecule has 1 aromatic heterocycles. The van der Waals surface area contributed by atoms with Crippen molar-refractivity contribution >= 4 is 5.91 Å². The van der Waals surface area contributed by atoms with E-state index in [0.29, 0.717) is 12.1 Å². The fourth-order valence-electron chi connectivity index (χ4n) is 1.19. The standard InChI is InChI=1S/C10H14N4O2/c11-4-7(10(14)15)9(13)8(12)3-6-1-2-16-5-6/h1-2,4-5H,3,11-13H2,(H2,14,15)/b7-4+,9-8+. The van der Waals surface area contributed by atoms with Gasteiger partial charge in [0.1, 0.15) is 0 Å². The molecule has 6 nitrogen and oxygen atoms in total. The van der Waals surface area contributed by atoms with Crippen molar-refractivity contribution in [2.45, 2.75) is 6.42 Å². The lowest BCUT2D eigenvalue weighted by molar-refractivity contribution is -0.114. The molecular weight excluding hydrogens is 208 g/mol. The topological polar surface area (TPSA) is 134 Å². The van der Waals surface area contributed by atoms with Gasteiger partial charge >= 0.3 is 0 Å². The summed E-state index contributed by atoms with van der Waals surface area (Å²) in [4.78, 5) is 11.0. The number of furan rings is 1. The van der Waals surface area contributed by atoms with E-state index in [4.69, 9.17) is 27.4 Å². The van der Waals surface area contributed by atoms with E-state index < -0.39 is 5.91 Å². The number of amides is 1. The molecule has 0 spiro atoms. The van der Waals surface area contributed by atoms with Gasteiger partial charge < -0.3 is 27.4 Å². The zero-order chi connectivity index (χ0) is 12.1. The van der Waals surface area contributed by atoms with Crippen molar-refractivity contribution in [1.82, 2.24) is 0 Å². The van der Waals surface area contributed by atoms with Crippen LogP contribution in [0.3, 0.4) is 0 Å². The second-order valence-electron chi connectivity index (χ2n) is 3.19. The average Bonchev–Trinajstić information content (AvgIpc) is 2.70. The van der Waals surface area contributed by atoms with Crippen LogP contribution in [0, 0.1) is 0 Å². The van der Waals surface area contributed by atoms with Crippen molar-refractivity contribution < 1.29 is 9.21 Å². The average molecular weight is 222 g/mol. The number of primary amides is 1. The SMILES string of the molecule is N/C=C(C(N)=O)\C(N)=C(/N)Cc1ccoc1. The minimum Gasteiger partial charge on any atom is -0.472 e. The van der Waals surface area contributed by atoms with Crippen LogP contribution in [0.4, 0.5) is 0 Å². The van der Waals surface area contributed by atoms with Crippen LogP contribution in [0.2, 0.25) is 0 Å². The van der Waals surface area contributed by atoms with Crippen LogP contribution < -0.4 is 22.9 Å². The van der Waals surface area contributed by atoms with Crippen LogP contribution in [0.5, 0.6) is 0 Å². The third kappa shape index (κ3) is 2.57. The number of allylic oxidation sites excluding steroid dienone is 1. The van der Waals surface area contributed by atoms with Gasteiger partial charge in [0.25, 0.3) is 5.91 Å². The molecule has 0 aliphatic rings. The largest absolute Gasteiger partial charge is 0.472 e. The van der Waals surface area contributed by atoms with Crippen LogP contribution in [0.1, 0.15) is 5.56 Å². The molecule has 1 rings (SSSR count). The number of hydrogen-bond donors (Lipinski definition) is 4. The van der Waals surface area contributed by atoms with Crippen molar-refractivity contribution in [2.75, 3.05) is 0 Å². The van der Waals surface area contributed by atoms with Gasteiger partial charge in [-0.1, -0.05) is 0 Å². The van der Waals surface area contributed by atoms with Gasteiger partial charge in [0.05, 0.1) is 23.8 Å². The summed E-state index contributed by atoms with van der Waals surface area (Å²) in [6.45, 7) is 0. The Morgan fingerprint density at radius 1 is 1.38 bits per heavy atom. The van der Waals surface area contributed by atoms with Crippen molar-refractivity contribution in [3.8, 4) is 0 Å². The number of hydrogen-bond acceptors (Lipinski definition) is 5. The van der Waals surface area contributed by atoms with E-state index in [-0.39, 0.29) is 11.3 Å². The summed E-state index contributed by atoms with van der Waals surface area (Å²) in [6.07, 6.45) is 4.47. The van der Waals surface area contributed by atoms with Crippen molar-refractivity contribution in [3.05, 3.63) is 47.3 Å². The van der Waals surface area contributed by atoms with Crippen LogP contribution in [0.25, 0.3) is 0 Å². The molecule has 0 bridgehead atoms. The van der Waals surface area contributed by atoms with Crippen molar-refractivity contribution in [1.29, 1.82) is 0 Å². The molecule has 0 unspecified atom stereocenters. The molecule has 0 radical (unpaired) electrons. The Balaban J connectivity index is 2.91. The molecular formula is C10H14N4O2. The molecule has 16 heavy (non-hydrogen) atoms. The van der Waals surface area contributed by atoms with E-state index in [9.17, 15) is 4.79 Å². The quantitative estimate of drug-likeness (QED) is 0.394. The van der Waals surface area contributed by atoms with Gasteiger partial charge in [0.15, 0.2) is 0 Å². The Bertz CT molecular complexity index is 432. The molecule has 0 fully saturated rings. The van der Waals surface area contributed by atoms with Crippen LogP contribution in [-0.4, -0.2) is 5.91 Å². The van der Waals surface area contributed by atoms with E-state index in [1.165, 1.54) is 12.5 Å². The number of rotatable bonds is 4. The summed E-state index contributed by atoms with van der Waals surface area (Å²) in [7, 11) is 0. The minimum absolute atomic E-state index is 0.0148. The second-order valence-corrected chi connectivity index (χ2v) is 3.19. The fraction of sp³-hybridized carbons (Fsp3) is 0.100. The van der Waals surface area contributed by atoms with Gasteiger partial charge in [0, 0.05) is 18.3 Å². The molecule has 1 heterocycles. The smallest absolute Gasteiger partial charge is 0.252 e. The Labute approximate surface area is 92.6 Å². The van der Waals surface area contributed by atoms with E-state index in [0.717, 1.165) is 11.8 Å². The minimum atomic E-state index is -0.713. The van der Waals surface area contributed by atoms with E-state index in [1.54, 1.807) is 6.07 Å². The third-order valence-electron chi connectivity index (χ3n) is 2.04. The zero-order valence-corrected chi connectivity index (χ0v) is 8.64. The first-order chi connectivity index (χ1) is 7.56. The first-order valence-corrected chi connectivity index (χ1v) is 4.53. The summed E-state index contributed by atoms with van der Waals surface area (Å²) in [5, 5.41) is 0. The fourth-order valence-corrected chi connectivity index (χ4v) is 1.19. The first kappa shape index (κ1) is 11.7. The van der Waals surface area contributed by atoms with Gasteiger partial charge in [-0.05, 0) is 11.6 Å². The normalized spacial score (nSPS) is 13.4. The van der Waals surface area contributed by atoms with E-state index >= 15 is 0 Å². The van der Waals surface area contributed by atoms with E-state index in [2.05, 4.69) is 0 Å². The lowest BCUT2D eigenvalue weighted by Crippen LogP contribution is -2.24. The monoisotopic (exact) mass is 222 g/mol. The lowest BCUT2D eigenvalue weighted by Gasteiger charge is -2.07. The summed E-state index contributed by atoms with van der Waals surface area (Å²) in [5.41, 5.74) is 23.0. The Morgan fingerprint density at radius 3 is 2.50 bits per heavy atom. The Morgan fingerprint density at radius 2 is 2.06 bits per heavy atom. The third-order valence-corrected chi connectivity index (χ3v) is 2.04. The molecule has 86 valence electrons. The molecule has 0 aliphatic heterocycles. The van der Waals surface area contributed by atoms with Gasteiger partial charge in [-0.2, -0.15) is 0 Å². The van der Waals surface area contributed by atoms with Gasteiger partial charge in [-0.3, -0.25) is 4.79 Å². The van der Waals surface area contributed by atoms with Crippen molar-refractivity contribution in [2.24, 2.45) is 22.9 Å². The Hall–Kier alpha value is -2.37. The summed E-state index contributed by atoms with van der Waals surface area (Å²) in [5.74, 6) is -0.713. The highest BCUT2D eigenvalue weighted by Crippen LogP contribution is 2.10. The number of nitrogens with two attached hydrogens (primary N) is 4. The summed E-state index contributed by atoms with van der Waals surface area (Å²) in [6, 6.07) is 1.75. The Kier molecular flexibility index (Phi) is 3.60. The van der Waals surface area contributed by atoms with Gasteiger partial charge in [-0.15, -0.1) is 0 Å². The summed E-state index contributed by atoms with van der Waals surface area (Å²) >= 11 is 0. The maximum atomic E-state index is 11.0. The molecule has 0 saturated carbocycles. The first-order valence-electron chi connectivity index (χ1n) is 4.53. The lowest BCUT2D eigenvalue weighted by atomic mass is 10.1. The highest BCUT2D eigenvalue weighted by atomic mass is 16.3. The van der Waals surface area contributed by atoms with Gasteiger partial charge in [0.2, 0.25) is 0 Å². The predicted octanol–water partition coefficient (Wildman–Crippen LogP) is -0.721. The maximum absolute atomic E-state index is 11.0. The predicted molar refractivity (Wildman–Crippen MR) is 59.3 cm³/mol. The van der Waals surface area contributed by atoms with Crippen LogP contribution in [0.15, 0.2) is 46.2 Å². The molecule has 0 atom stereocenters. The molecule has 8 N–H and O–H groups in total. The zero-order valence-electron chi connectivity index (χ0n) is 8.64. The molecule has 1 aromatic rings. The number of carbonyl (C=O) groups is 1. The summed E-state index contributed by atoms with van der Waals surface area (Å²) < 4.78 is 4.88. The molecule has 6 heteroatoms.